The summed E-state index contributed by atoms with van der Waals surface area (Å²) < 4.78 is 23.2. The second-order valence-corrected chi connectivity index (χ2v) is 10.8. The number of ketones is 1. The molecule has 1 amide bonds. The van der Waals surface area contributed by atoms with Crippen LogP contribution in [0.1, 0.15) is 50.2 Å². The second-order valence-electron chi connectivity index (χ2n) is 9.24. The zero-order chi connectivity index (χ0) is 22.6. The molecule has 6 nitrogen and oxygen atoms in total. The van der Waals surface area contributed by atoms with E-state index in [9.17, 15) is 18.0 Å². The molecule has 0 spiro atoms. The number of carbonyl (C=O) groups is 2. The van der Waals surface area contributed by atoms with Crippen molar-refractivity contribution in [3.05, 3.63) is 70.9 Å². The predicted octanol–water partition coefficient (Wildman–Crippen LogP) is 3.81. The maximum atomic E-state index is 13.4. The van der Waals surface area contributed by atoms with E-state index in [2.05, 4.69) is 0 Å². The van der Waals surface area contributed by atoms with Crippen LogP contribution in [0.4, 0.5) is 5.69 Å². The third-order valence-electron chi connectivity index (χ3n) is 6.01. The average molecular weight is 439 g/mol. The van der Waals surface area contributed by atoms with Crippen molar-refractivity contribution in [1.82, 2.24) is 0 Å². The third-order valence-corrected chi connectivity index (χ3v) is 6.94. The van der Waals surface area contributed by atoms with Gasteiger partial charge in [0, 0.05) is 35.7 Å². The van der Waals surface area contributed by atoms with Gasteiger partial charge in [-0.05, 0) is 48.6 Å². The summed E-state index contributed by atoms with van der Waals surface area (Å²) in [6, 6.07) is 13.9. The molecule has 2 N–H and O–H groups in total. The van der Waals surface area contributed by atoms with Crippen molar-refractivity contribution in [3.8, 4) is 0 Å². The molecular formula is C24H26N2O4S. The van der Waals surface area contributed by atoms with Crippen molar-refractivity contribution in [2.45, 2.75) is 50.8 Å². The van der Waals surface area contributed by atoms with Crippen LogP contribution in [0.3, 0.4) is 0 Å². The third kappa shape index (κ3) is 4.07. The van der Waals surface area contributed by atoms with Crippen molar-refractivity contribution >= 4 is 27.4 Å². The number of sulfonamides is 1. The number of anilines is 1. The van der Waals surface area contributed by atoms with Gasteiger partial charge in [0.15, 0.2) is 5.78 Å². The minimum atomic E-state index is -3.83. The first-order valence-corrected chi connectivity index (χ1v) is 11.8. The molecule has 1 aliphatic heterocycles. The van der Waals surface area contributed by atoms with E-state index in [4.69, 9.17) is 5.14 Å². The topological polar surface area (TPSA) is 97.5 Å². The van der Waals surface area contributed by atoms with Gasteiger partial charge in [0.2, 0.25) is 15.9 Å². The Bertz CT molecular complexity index is 1210. The van der Waals surface area contributed by atoms with Gasteiger partial charge in [0.1, 0.15) is 0 Å². The highest BCUT2D eigenvalue weighted by atomic mass is 32.2. The molecule has 0 saturated heterocycles. The number of Topliss-reactive ketones (excluding diaryl/α,β-unsaturated/α-hetero) is 1. The highest BCUT2D eigenvalue weighted by molar-refractivity contribution is 7.89. The quantitative estimate of drug-likeness (QED) is 0.788. The summed E-state index contributed by atoms with van der Waals surface area (Å²) in [5.74, 6) is -0.318. The fourth-order valence-corrected chi connectivity index (χ4v) is 5.19. The lowest BCUT2D eigenvalue weighted by molar-refractivity contribution is -0.121. The molecule has 7 heteroatoms. The lowest BCUT2D eigenvalue weighted by atomic mass is 9.69. The van der Waals surface area contributed by atoms with E-state index in [0.717, 1.165) is 11.1 Å². The van der Waals surface area contributed by atoms with Crippen LogP contribution in [0.15, 0.2) is 64.7 Å². The second kappa shape index (κ2) is 7.43. The molecule has 0 bridgehead atoms. The number of primary sulfonamides is 1. The van der Waals surface area contributed by atoms with Crippen molar-refractivity contribution in [3.63, 3.8) is 0 Å². The van der Waals surface area contributed by atoms with Gasteiger partial charge in [-0.2, -0.15) is 0 Å². The normalized spacial score (nSPS) is 21.3. The lowest BCUT2D eigenvalue weighted by Crippen LogP contribution is -2.43. The van der Waals surface area contributed by atoms with Crippen LogP contribution >= 0.6 is 0 Å². The number of carbonyl (C=O) groups excluding carboxylic acids is 2. The van der Waals surface area contributed by atoms with Crippen molar-refractivity contribution in [1.29, 1.82) is 0 Å². The van der Waals surface area contributed by atoms with Gasteiger partial charge in [-0.25, -0.2) is 13.6 Å². The molecule has 0 fully saturated rings. The predicted molar refractivity (Wildman–Crippen MR) is 119 cm³/mol. The molecule has 162 valence electrons. The van der Waals surface area contributed by atoms with Gasteiger partial charge < -0.3 is 0 Å². The number of benzene rings is 2. The Kier molecular flexibility index (Phi) is 5.14. The Hall–Kier alpha value is -2.77. The van der Waals surface area contributed by atoms with Gasteiger partial charge in [0.25, 0.3) is 0 Å². The summed E-state index contributed by atoms with van der Waals surface area (Å²) >= 11 is 0. The highest BCUT2D eigenvalue weighted by Crippen LogP contribution is 2.48. The fraction of sp³-hybridized carbons (Fsp3) is 0.333. The number of aryl methyl sites for hydroxylation is 1. The Morgan fingerprint density at radius 1 is 1.03 bits per heavy atom. The number of hydrogen-bond acceptors (Lipinski definition) is 4. The first-order chi connectivity index (χ1) is 14.5. The molecule has 0 aromatic heterocycles. The van der Waals surface area contributed by atoms with Gasteiger partial charge in [-0.3, -0.25) is 14.5 Å². The summed E-state index contributed by atoms with van der Waals surface area (Å²) in [6.07, 6.45) is 1.20. The molecule has 4 rings (SSSR count). The number of hydrogen-bond donors (Lipinski definition) is 1. The summed E-state index contributed by atoms with van der Waals surface area (Å²) in [6.45, 7) is 6.05. The standard InChI is InChI=1S/C24H26N2O4S/c1-15-5-4-6-16(11-15)19-12-22(28)26(17-7-9-18(10-8-17)31(25,29)30)20-13-24(2,3)14-21(27)23(19)20/h4-11,19H,12-14H2,1-3H3,(H2,25,29,30). The Morgan fingerprint density at radius 3 is 2.32 bits per heavy atom. The van der Waals surface area contributed by atoms with E-state index < -0.39 is 10.0 Å². The minimum absolute atomic E-state index is 0.0207. The fourth-order valence-electron chi connectivity index (χ4n) is 4.67. The van der Waals surface area contributed by atoms with Crippen LogP contribution in [0.5, 0.6) is 0 Å². The summed E-state index contributed by atoms with van der Waals surface area (Å²) in [7, 11) is -3.83. The largest absolute Gasteiger partial charge is 0.294 e. The average Bonchev–Trinajstić information content (AvgIpc) is 2.65. The van der Waals surface area contributed by atoms with E-state index in [1.54, 1.807) is 17.0 Å². The molecule has 31 heavy (non-hydrogen) atoms. The summed E-state index contributed by atoms with van der Waals surface area (Å²) in [5, 5.41) is 5.21. The van der Waals surface area contributed by atoms with Gasteiger partial charge >= 0.3 is 0 Å². The smallest absolute Gasteiger partial charge is 0.238 e. The van der Waals surface area contributed by atoms with E-state index in [-0.39, 0.29) is 34.3 Å². The number of nitrogens with zero attached hydrogens (tertiary/aromatic N) is 1. The Balaban J connectivity index is 1.87. The zero-order valence-electron chi connectivity index (χ0n) is 17.9. The van der Waals surface area contributed by atoms with Crippen LogP contribution < -0.4 is 10.0 Å². The van der Waals surface area contributed by atoms with E-state index in [0.29, 0.717) is 29.8 Å². The maximum Gasteiger partial charge on any atom is 0.238 e. The molecule has 1 atom stereocenters. The first kappa shape index (κ1) is 21.5. The molecule has 1 heterocycles. The monoisotopic (exact) mass is 438 g/mol. The minimum Gasteiger partial charge on any atom is -0.294 e. The maximum absolute atomic E-state index is 13.4. The van der Waals surface area contributed by atoms with Crippen LogP contribution in [0, 0.1) is 12.3 Å². The molecule has 0 saturated carbocycles. The molecule has 0 radical (unpaired) electrons. The van der Waals surface area contributed by atoms with Gasteiger partial charge in [0.05, 0.1) is 4.90 Å². The molecule has 2 aromatic rings. The van der Waals surface area contributed by atoms with Crippen LogP contribution in [0.25, 0.3) is 0 Å². The summed E-state index contributed by atoms with van der Waals surface area (Å²) in [4.78, 5) is 28.2. The first-order valence-electron chi connectivity index (χ1n) is 10.2. The van der Waals surface area contributed by atoms with Crippen LogP contribution in [-0.4, -0.2) is 20.1 Å². The van der Waals surface area contributed by atoms with Crippen LogP contribution in [-0.2, 0) is 19.6 Å². The number of nitrogens with two attached hydrogens (primary N) is 1. The highest BCUT2D eigenvalue weighted by Gasteiger charge is 2.44. The van der Waals surface area contributed by atoms with Gasteiger partial charge in [-0.1, -0.05) is 43.7 Å². The van der Waals surface area contributed by atoms with E-state index >= 15 is 0 Å². The summed E-state index contributed by atoms with van der Waals surface area (Å²) in [5.41, 5.74) is 3.73. The molecular weight excluding hydrogens is 412 g/mol. The lowest BCUT2D eigenvalue weighted by Gasteiger charge is -2.43. The number of amides is 1. The zero-order valence-corrected chi connectivity index (χ0v) is 18.7. The number of rotatable bonds is 3. The van der Waals surface area contributed by atoms with E-state index in [1.165, 1.54) is 12.1 Å². The Labute approximate surface area is 182 Å². The van der Waals surface area contributed by atoms with Gasteiger partial charge in [-0.15, -0.1) is 0 Å². The van der Waals surface area contributed by atoms with Crippen molar-refractivity contribution < 1.29 is 18.0 Å². The SMILES string of the molecule is Cc1cccc(C2CC(=O)N(c3ccc(S(N)(=O)=O)cc3)C3=C2C(=O)CC(C)(C)C3)c1. The Morgan fingerprint density at radius 2 is 1.71 bits per heavy atom. The van der Waals surface area contributed by atoms with Crippen LogP contribution in [0.2, 0.25) is 0 Å². The van der Waals surface area contributed by atoms with Crippen molar-refractivity contribution in [2.75, 3.05) is 4.90 Å². The molecule has 1 aliphatic carbocycles. The van der Waals surface area contributed by atoms with Crippen molar-refractivity contribution in [2.24, 2.45) is 10.6 Å². The van der Waals surface area contributed by atoms with E-state index in [1.807, 2.05) is 45.0 Å². The molecule has 1 unspecified atom stereocenters. The molecule has 2 aromatic carbocycles. The molecule has 2 aliphatic rings. The number of allylic oxidation sites excluding steroid dienone is 2.